The normalized spacial score (nSPS) is 24.8. The van der Waals surface area contributed by atoms with Crippen LogP contribution < -0.4 is 9.80 Å². The number of fused-ring (bicyclic) bond motifs is 14. The van der Waals surface area contributed by atoms with E-state index in [9.17, 15) is 0 Å². The maximum Gasteiger partial charge on any atom is 0.254 e. The molecule has 6 aromatic carbocycles. The van der Waals surface area contributed by atoms with Gasteiger partial charge in [-0.3, -0.25) is 19.4 Å². The minimum absolute atomic E-state index is 0.0511. The zero-order valence-corrected chi connectivity index (χ0v) is 33.8. The van der Waals surface area contributed by atoms with E-state index in [0.717, 1.165) is 66.5 Å². The molecule has 1 saturated heterocycles. The molecule has 0 bridgehead atoms. The SMILES string of the molecule is O=C1N(Cc2ccccc2)c2c(Br)cccc2[C@]12[C@H]1c3ccccc3CCN1[C@]1(C(=O)N(Cc3ccccc3)c3c(Br)cccc31)[C@H]1c3ccccc3CCN12. The lowest BCUT2D eigenvalue weighted by atomic mass is 9.62. The van der Waals surface area contributed by atoms with Gasteiger partial charge >= 0.3 is 0 Å². The first-order chi connectivity index (χ1) is 27.5. The Kier molecular flexibility index (Phi) is 7.88. The molecule has 0 aromatic heterocycles. The standard InChI is InChI=1S/C48H38Br2N4O2/c49-39-23-11-21-37-41(39)51(29-31-13-3-1-4-14-31)45(55)47(37)43-35-19-9-7-17-33(35)26-28-54(43)48(44-36-20-10-8-18-34(36)25-27-53(44)47)38-22-12-24-40(50)42(38)52(46(48)56)30-32-15-5-2-6-16-32/h1-24,43-44H,25-30H2/t43-,44-,47+,48+/m1/s1. The second-order valence-corrected chi connectivity index (χ2v) is 17.4. The molecule has 5 heterocycles. The van der Waals surface area contributed by atoms with Crippen LogP contribution in [0.4, 0.5) is 11.4 Å². The molecule has 0 N–H and O–H groups in total. The number of amides is 2. The summed E-state index contributed by atoms with van der Waals surface area (Å²) >= 11 is 7.92. The third kappa shape index (κ3) is 4.50. The smallest absolute Gasteiger partial charge is 0.254 e. The Morgan fingerprint density at radius 2 is 0.875 bits per heavy atom. The van der Waals surface area contributed by atoms with Crippen LogP contribution in [0.3, 0.4) is 0 Å². The highest BCUT2D eigenvalue weighted by atomic mass is 79.9. The van der Waals surface area contributed by atoms with Crippen LogP contribution in [0.2, 0.25) is 0 Å². The van der Waals surface area contributed by atoms with E-state index < -0.39 is 23.2 Å². The van der Waals surface area contributed by atoms with Gasteiger partial charge in [0, 0.05) is 33.2 Å². The van der Waals surface area contributed by atoms with Crippen molar-refractivity contribution in [3.05, 3.63) is 199 Å². The van der Waals surface area contributed by atoms with Crippen molar-refractivity contribution < 1.29 is 9.59 Å². The molecule has 4 atom stereocenters. The number of hydrogen-bond acceptors (Lipinski definition) is 4. The maximum absolute atomic E-state index is 16.4. The number of anilines is 2. The predicted octanol–water partition coefficient (Wildman–Crippen LogP) is 9.61. The number of rotatable bonds is 4. The second kappa shape index (κ2) is 12.8. The molecule has 8 heteroatoms. The molecule has 0 radical (unpaired) electrons. The summed E-state index contributed by atoms with van der Waals surface area (Å²) in [6.45, 7) is 2.10. The third-order valence-electron chi connectivity index (χ3n) is 13.1. The van der Waals surface area contributed by atoms with E-state index in [2.05, 4.69) is 151 Å². The van der Waals surface area contributed by atoms with Gasteiger partial charge in [0.1, 0.15) is 11.1 Å². The lowest BCUT2D eigenvalue weighted by molar-refractivity contribution is -0.192. The Balaban J connectivity index is 1.24. The van der Waals surface area contributed by atoms with E-state index in [1.165, 1.54) is 11.1 Å². The number of carbonyl (C=O) groups is 2. The number of nitrogens with zero attached hydrogens (tertiary/aromatic N) is 4. The minimum Gasteiger partial charge on any atom is -0.305 e. The van der Waals surface area contributed by atoms with Crippen molar-refractivity contribution in [2.24, 2.45) is 0 Å². The molecular formula is C48H38Br2N4O2. The summed E-state index contributed by atoms with van der Waals surface area (Å²) < 4.78 is 1.78. The molecule has 5 aliphatic rings. The summed E-state index contributed by atoms with van der Waals surface area (Å²) in [5.74, 6) is 0.102. The van der Waals surface area contributed by atoms with E-state index in [1.807, 2.05) is 46.2 Å². The van der Waals surface area contributed by atoms with Gasteiger partial charge < -0.3 is 9.80 Å². The summed E-state index contributed by atoms with van der Waals surface area (Å²) in [6, 6.07) is 49.5. The zero-order chi connectivity index (χ0) is 37.8. The fourth-order valence-electron chi connectivity index (χ4n) is 11.1. The van der Waals surface area contributed by atoms with Crippen molar-refractivity contribution in [2.75, 3.05) is 22.9 Å². The number of hydrogen-bond donors (Lipinski definition) is 0. The molecule has 6 nitrogen and oxygen atoms in total. The first-order valence-electron chi connectivity index (χ1n) is 19.4. The van der Waals surface area contributed by atoms with Crippen molar-refractivity contribution >= 4 is 55.0 Å². The molecular weight excluding hydrogens is 824 g/mol. The quantitative estimate of drug-likeness (QED) is 0.177. The van der Waals surface area contributed by atoms with Gasteiger partial charge in [0.25, 0.3) is 11.8 Å². The van der Waals surface area contributed by atoms with Crippen LogP contribution in [0.15, 0.2) is 155 Å². The van der Waals surface area contributed by atoms with Gasteiger partial charge in [-0.05, 0) is 90.2 Å². The van der Waals surface area contributed by atoms with E-state index >= 15 is 9.59 Å². The highest BCUT2D eigenvalue weighted by molar-refractivity contribution is 9.11. The number of piperazine rings is 1. The molecule has 276 valence electrons. The number of para-hydroxylation sites is 2. The van der Waals surface area contributed by atoms with Crippen molar-refractivity contribution in [1.29, 1.82) is 0 Å². The molecule has 0 saturated carbocycles. The fourth-order valence-corrected chi connectivity index (χ4v) is 12.2. The number of carbonyl (C=O) groups excluding carboxylic acids is 2. The molecule has 0 aliphatic carbocycles. The molecule has 1 fully saturated rings. The Morgan fingerprint density at radius 3 is 1.30 bits per heavy atom. The van der Waals surface area contributed by atoms with Gasteiger partial charge in [0.05, 0.1) is 36.5 Å². The monoisotopic (exact) mass is 860 g/mol. The average Bonchev–Trinajstić information content (AvgIpc) is 3.62. The van der Waals surface area contributed by atoms with E-state index in [1.54, 1.807) is 0 Å². The lowest BCUT2D eigenvalue weighted by Crippen LogP contribution is -2.76. The van der Waals surface area contributed by atoms with Crippen molar-refractivity contribution in [3.63, 3.8) is 0 Å². The van der Waals surface area contributed by atoms with Crippen LogP contribution in [0.25, 0.3) is 0 Å². The molecule has 56 heavy (non-hydrogen) atoms. The summed E-state index contributed by atoms with van der Waals surface area (Å²) in [5, 5.41) is 0. The van der Waals surface area contributed by atoms with Gasteiger partial charge in [-0.15, -0.1) is 0 Å². The van der Waals surface area contributed by atoms with Crippen LogP contribution in [-0.2, 0) is 46.6 Å². The Morgan fingerprint density at radius 1 is 0.482 bits per heavy atom. The van der Waals surface area contributed by atoms with Crippen molar-refractivity contribution in [3.8, 4) is 0 Å². The van der Waals surface area contributed by atoms with Crippen LogP contribution in [0.1, 0.15) is 56.6 Å². The highest BCUT2D eigenvalue weighted by Gasteiger charge is 2.76. The Bertz CT molecular complexity index is 2400. The summed E-state index contributed by atoms with van der Waals surface area (Å²) in [7, 11) is 0. The molecule has 0 unspecified atom stereocenters. The Labute approximate surface area is 343 Å². The minimum atomic E-state index is -1.15. The molecule has 2 amide bonds. The van der Waals surface area contributed by atoms with Gasteiger partial charge in [-0.2, -0.15) is 0 Å². The number of benzene rings is 6. The largest absolute Gasteiger partial charge is 0.305 e. The van der Waals surface area contributed by atoms with E-state index in [-0.39, 0.29) is 11.8 Å². The first-order valence-corrected chi connectivity index (χ1v) is 21.0. The van der Waals surface area contributed by atoms with E-state index in [0.29, 0.717) is 26.2 Å². The third-order valence-corrected chi connectivity index (χ3v) is 14.4. The maximum atomic E-state index is 16.4. The average molecular weight is 863 g/mol. The van der Waals surface area contributed by atoms with E-state index in [4.69, 9.17) is 0 Å². The zero-order valence-electron chi connectivity index (χ0n) is 30.6. The molecule has 5 aliphatic heterocycles. The van der Waals surface area contributed by atoms with Crippen molar-refractivity contribution in [2.45, 2.75) is 49.1 Å². The second-order valence-electron chi connectivity index (χ2n) is 15.6. The predicted molar refractivity (Wildman–Crippen MR) is 226 cm³/mol. The van der Waals surface area contributed by atoms with Gasteiger partial charge in [0.2, 0.25) is 0 Å². The molecule has 2 spiro atoms. The van der Waals surface area contributed by atoms with Crippen molar-refractivity contribution in [1.82, 2.24) is 9.80 Å². The summed E-state index contributed by atoms with van der Waals surface area (Å²) in [5.41, 5.74) is 8.31. The Hall–Kier alpha value is -4.86. The topological polar surface area (TPSA) is 47.1 Å². The highest BCUT2D eigenvalue weighted by Crippen LogP contribution is 2.69. The summed E-state index contributed by atoms with van der Waals surface area (Å²) in [6.07, 6.45) is 1.53. The van der Waals surface area contributed by atoms with Crippen LogP contribution in [0, 0.1) is 0 Å². The molecule has 6 aromatic rings. The van der Waals surface area contributed by atoms with Gasteiger partial charge in [-0.1, -0.05) is 133 Å². The van der Waals surface area contributed by atoms with Gasteiger partial charge in [0.15, 0.2) is 0 Å². The van der Waals surface area contributed by atoms with Crippen LogP contribution in [-0.4, -0.2) is 34.7 Å². The van der Waals surface area contributed by atoms with Crippen LogP contribution in [0.5, 0.6) is 0 Å². The first kappa shape index (κ1) is 34.4. The summed E-state index contributed by atoms with van der Waals surface area (Å²) in [4.78, 5) is 41.7. The van der Waals surface area contributed by atoms with Gasteiger partial charge in [-0.25, -0.2) is 0 Å². The number of halogens is 2. The molecule has 11 rings (SSSR count). The lowest BCUT2D eigenvalue weighted by Gasteiger charge is -2.66. The van der Waals surface area contributed by atoms with Crippen LogP contribution >= 0.6 is 31.9 Å². The fraction of sp³-hybridized carbons (Fsp3) is 0.208.